The van der Waals surface area contributed by atoms with Gasteiger partial charge in [-0.1, -0.05) is 12.1 Å². The molecule has 5 rings (SSSR count). The minimum absolute atomic E-state index is 0.0460. The van der Waals surface area contributed by atoms with E-state index in [0.29, 0.717) is 25.3 Å². The molecular formula is C26H35N3O7. The fourth-order valence-corrected chi connectivity index (χ4v) is 5.38. The number of benzene rings is 1. The van der Waals surface area contributed by atoms with Crippen molar-refractivity contribution < 1.29 is 38.2 Å². The van der Waals surface area contributed by atoms with Gasteiger partial charge in [-0.05, 0) is 48.6 Å². The zero-order valence-corrected chi connectivity index (χ0v) is 20.6. The summed E-state index contributed by atoms with van der Waals surface area (Å²) in [6.07, 6.45) is 4.51. The molecule has 3 saturated heterocycles. The van der Waals surface area contributed by atoms with Crippen LogP contribution in [-0.2, 0) is 26.4 Å². The van der Waals surface area contributed by atoms with Gasteiger partial charge in [0.25, 0.3) is 5.91 Å². The average Bonchev–Trinajstić information content (AvgIpc) is 3.43. The van der Waals surface area contributed by atoms with E-state index in [2.05, 4.69) is 5.32 Å². The van der Waals surface area contributed by atoms with Crippen LogP contribution >= 0.6 is 0 Å². The van der Waals surface area contributed by atoms with Gasteiger partial charge in [0.05, 0.1) is 52.0 Å². The molecule has 3 aliphatic heterocycles. The molecule has 36 heavy (non-hydrogen) atoms. The van der Waals surface area contributed by atoms with Gasteiger partial charge < -0.3 is 39.7 Å². The molecule has 3 aliphatic rings. The number of fused-ring (bicyclic) bond motifs is 3. The maximum absolute atomic E-state index is 13.5. The molecule has 2 aromatic rings. The van der Waals surface area contributed by atoms with Crippen molar-refractivity contribution in [3.63, 3.8) is 0 Å². The maximum atomic E-state index is 13.5. The summed E-state index contributed by atoms with van der Waals surface area (Å²) in [5, 5.41) is 22.9. The van der Waals surface area contributed by atoms with Crippen LogP contribution in [0.2, 0.25) is 0 Å². The van der Waals surface area contributed by atoms with Crippen molar-refractivity contribution in [1.82, 2.24) is 5.32 Å². The monoisotopic (exact) mass is 501 g/mol. The van der Waals surface area contributed by atoms with Crippen LogP contribution in [0.15, 0.2) is 47.1 Å². The number of hydrogen-bond donors (Lipinski definition) is 3. The summed E-state index contributed by atoms with van der Waals surface area (Å²) < 4.78 is 11.5. The first-order chi connectivity index (χ1) is 17.2. The molecule has 2 bridgehead atoms. The van der Waals surface area contributed by atoms with Gasteiger partial charge in [-0.3, -0.25) is 9.59 Å². The summed E-state index contributed by atoms with van der Waals surface area (Å²) in [5.74, 6) is 0.658. The van der Waals surface area contributed by atoms with Gasteiger partial charge in [-0.2, -0.15) is 0 Å². The number of furan rings is 1. The van der Waals surface area contributed by atoms with E-state index in [4.69, 9.17) is 24.8 Å². The fraction of sp³-hybridized carbons (Fsp3) is 0.500. The normalized spacial score (nSPS) is 24.1. The molecule has 3 fully saturated rings. The first-order valence-electron chi connectivity index (χ1n) is 12.1. The summed E-state index contributed by atoms with van der Waals surface area (Å²) in [6.45, 7) is 2.97. The molecule has 1 aromatic heterocycles. The highest BCUT2D eigenvalue weighted by Crippen LogP contribution is 2.35. The predicted molar refractivity (Wildman–Crippen MR) is 128 cm³/mol. The van der Waals surface area contributed by atoms with Crippen molar-refractivity contribution in [1.29, 1.82) is 0 Å². The molecular weight excluding hydrogens is 466 g/mol. The number of methoxy groups -OCH3 is 1. The Kier molecular flexibility index (Phi) is 9.11. The van der Waals surface area contributed by atoms with Crippen molar-refractivity contribution in [2.75, 3.05) is 33.3 Å². The number of rotatable bonds is 10. The molecule has 2 atom stereocenters. The smallest absolute Gasteiger partial charge is 0.260 e. The second-order valence-electron chi connectivity index (χ2n) is 9.61. The van der Waals surface area contributed by atoms with Crippen LogP contribution in [0.1, 0.15) is 37.0 Å². The van der Waals surface area contributed by atoms with Crippen LogP contribution < -0.4 is 20.9 Å². The molecule has 1 aromatic carbocycles. The third-order valence-electron chi connectivity index (χ3n) is 7.49. The summed E-state index contributed by atoms with van der Waals surface area (Å²) in [7, 11) is 1.61. The van der Waals surface area contributed by atoms with Crippen LogP contribution in [0.5, 0.6) is 5.75 Å². The Morgan fingerprint density at radius 3 is 2.50 bits per heavy atom. The molecule has 1 unspecified atom stereocenters. The van der Waals surface area contributed by atoms with Crippen molar-refractivity contribution in [3.05, 3.63) is 54.0 Å². The number of aryl methyl sites for hydroxylation is 1. The molecule has 10 nitrogen and oxygen atoms in total. The predicted octanol–water partition coefficient (Wildman–Crippen LogP) is 0.0753. The third kappa shape index (κ3) is 6.44. The highest BCUT2D eigenvalue weighted by molar-refractivity contribution is 5.86. The van der Waals surface area contributed by atoms with Gasteiger partial charge in [-0.25, -0.2) is 0 Å². The number of carboxylic acid groups (broad SMARTS) is 1. The summed E-state index contributed by atoms with van der Waals surface area (Å²) in [5.41, 5.74) is 4.61. The van der Waals surface area contributed by atoms with E-state index in [1.54, 1.807) is 19.2 Å². The van der Waals surface area contributed by atoms with Crippen molar-refractivity contribution in [2.45, 2.75) is 43.7 Å². The largest absolute Gasteiger partial charge is 0.554 e. The molecule has 0 spiro atoms. The van der Waals surface area contributed by atoms with Gasteiger partial charge in [0.1, 0.15) is 11.5 Å². The number of carbonyl (C=O) groups is 3. The summed E-state index contributed by atoms with van der Waals surface area (Å²) in [6, 6.07) is 10.9. The quantitative estimate of drug-likeness (QED) is 0.307. The molecule has 0 aliphatic carbocycles. The Morgan fingerprint density at radius 2 is 1.94 bits per heavy atom. The lowest BCUT2D eigenvalue weighted by Crippen LogP contribution is -2.68. The maximum Gasteiger partial charge on any atom is 0.260 e. The van der Waals surface area contributed by atoms with Crippen LogP contribution in [0.4, 0.5) is 0 Å². The molecule has 4 N–H and O–H groups in total. The van der Waals surface area contributed by atoms with E-state index in [0.717, 1.165) is 48.3 Å². The number of quaternary nitrogens is 1. The molecule has 2 amide bonds. The van der Waals surface area contributed by atoms with Crippen LogP contribution in [0.25, 0.3) is 0 Å². The van der Waals surface area contributed by atoms with Crippen LogP contribution in [0.3, 0.4) is 0 Å². The average molecular weight is 502 g/mol. The SMILES string of the molecule is COc1ccc(CCC(O)(C(=O)N[C@H]2C[N+]3(CCC(N)=O)CCC2CC3)c2ccco2)cc1.O=C[O-]. The Morgan fingerprint density at radius 1 is 1.28 bits per heavy atom. The number of primary amides is 1. The van der Waals surface area contributed by atoms with Crippen molar-refractivity contribution in [2.24, 2.45) is 11.7 Å². The van der Waals surface area contributed by atoms with E-state index in [9.17, 15) is 14.7 Å². The zero-order valence-electron chi connectivity index (χ0n) is 20.6. The molecule has 10 heteroatoms. The van der Waals surface area contributed by atoms with Crippen molar-refractivity contribution >= 4 is 18.3 Å². The number of nitrogens with two attached hydrogens (primary N) is 1. The Hall–Kier alpha value is -3.37. The molecule has 0 radical (unpaired) electrons. The van der Waals surface area contributed by atoms with Crippen molar-refractivity contribution in [3.8, 4) is 5.75 Å². The molecule has 0 saturated carbocycles. The Labute approximate surface area is 210 Å². The number of hydrogen-bond acceptors (Lipinski definition) is 7. The second-order valence-corrected chi connectivity index (χ2v) is 9.61. The lowest BCUT2D eigenvalue weighted by atomic mass is 9.80. The highest BCUT2D eigenvalue weighted by Gasteiger charge is 2.49. The van der Waals surface area contributed by atoms with E-state index in [1.165, 1.54) is 6.26 Å². The number of aliphatic hydroxyl groups is 1. The lowest BCUT2D eigenvalue weighted by molar-refractivity contribution is -0.943. The third-order valence-corrected chi connectivity index (χ3v) is 7.49. The second kappa shape index (κ2) is 12.0. The number of nitrogens with zero attached hydrogens (tertiary/aromatic N) is 1. The minimum atomic E-state index is -1.77. The zero-order chi connectivity index (χ0) is 26.2. The van der Waals surface area contributed by atoms with Gasteiger partial charge in [-0.15, -0.1) is 0 Å². The van der Waals surface area contributed by atoms with Gasteiger partial charge >= 0.3 is 0 Å². The summed E-state index contributed by atoms with van der Waals surface area (Å²) >= 11 is 0. The standard InChI is InChI=1S/C25H33N3O5.CH2O2/c1-32-20-6-4-18(5-7-20)8-12-25(31,22-3-2-16-33-22)24(30)27-21-17-28(15-11-23(26)29)13-9-19(21)10-14-28;2-1-3/h2-7,16,19,21,31H,8-15,17H2,1H3,(H2-,26,27,29,30);1H,(H,2,3)/t19?,21-,25?,28?;/m0./s1. The number of amides is 2. The first kappa shape index (κ1) is 27.2. The van der Waals surface area contributed by atoms with Gasteiger partial charge in [0, 0.05) is 19.3 Å². The number of carbonyl (C=O) groups excluding carboxylic acids is 3. The number of ether oxygens (including phenoxy) is 1. The topological polar surface area (TPSA) is 155 Å². The van der Waals surface area contributed by atoms with Crippen LogP contribution in [0, 0.1) is 5.92 Å². The van der Waals surface area contributed by atoms with E-state index < -0.39 is 18.0 Å². The minimum Gasteiger partial charge on any atom is -0.554 e. The van der Waals surface area contributed by atoms with Gasteiger partial charge in [0.2, 0.25) is 11.5 Å². The molecule has 196 valence electrons. The first-order valence-corrected chi connectivity index (χ1v) is 12.1. The number of nitrogens with one attached hydrogen (secondary N) is 1. The highest BCUT2D eigenvalue weighted by atomic mass is 16.5. The van der Waals surface area contributed by atoms with Crippen LogP contribution in [-0.4, -0.2) is 67.2 Å². The molecule has 4 heterocycles. The van der Waals surface area contributed by atoms with E-state index >= 15 is 0 Å². The lowest BCUT2D eigenvalue weighted by Gasteiger charge is -2.53. The summed E-state index contributed by atoms with van der Waals surface area (Å²) in [4.78, 5) is 33.1. The van der Waals surface area contributed by atoms with E-state index in [1.807, 2.05) is 24.3 Å². The van der Waals surface area contributed by atoms with Gasteiger partial charge in [0.15, 0.2) is 0 Å². The van der Waals surface area contributed by atoms with E-state index in [-0.39, 0.29) is 24.1 Å². The number of piperidine rings is 3. The Bertz CT molecular complexity index is 1000. The fourth-order valence-electron chi connectivity index (χ4n) is 5.38. The Balaban J connectivity index is 0.00000115.